The molecule has 0 amide bonds. The molecule has 0 saturated carbocycles. The number of rotatable bonds is 4. The summed E-state index contributed by atoms with van der Waals surface area (Å²) in [6, 6.07) is 0. The Bertz CT molecular complexity index is 343. The molecule has 0 saturated heterocycles. The fourth-order valence-corrected chi connectivity index (χ4v) is 2.35. The molecule has 1 rings (SSSR count). The maximum absolute atomic E-state index is 8.22. The summed E-state index contributed by atoms with van der Waals surface area (Å²) in [6.07, 6.45) is 7.40. The van der Waals surface area contributed by atoms with Gasteiger partial charge in [-0.1, -0.05) is 39.3 Å². The summed E-state index contributed by atoms with van der Waals surface area (Å²) >= 11 is 0. The van der Waals surface area contributed by atoms with Crippen LogP contribution in [-0.4, -0.2) is 5.71 Å². The van der Waals surface area contributed by atoms with E-state index < -0.39 is 0 Å². The highest BCUT2D eigenvalue weighted by Crippen LogP contribution is 2.28. The topological polar surface area (TPSA) is 23.9 Å². The van der Waals surface area contributed by atoms with Gasteiger partial charge in [-0.05, 0) is 55.6 Å². The molecule has 0 spiro atoms. The predicted molar refractivity (Wildman–Crippen MR) is 76.7 cm³/mol. The molecule has 0 bridgehead atoms. The number of hydrogen-bond acceptors (Lipinski definition) is 1. The lowest BCUT2D eigenvalue weighted by molar-refractivity contribution is 0.679. The summed E-state index contributed by atoms with van der Waals surface area (Å²) < 4.78 is 0. The Hall–Kier alpha value is -0.850. The number of allylic oxidation sites excluding steroid dienone is 4. The Kier molecular flexibility index (Phi) is 5.17. The molecule has 0 unspecified atom stereocenters. The average Bonchev–Trinajstić information content (AvgIpc) is 2.26. The van der Waals surface area contributed by atoms with Gasteiger partial charge < -0.3 is 5.41 Å². The lowest BCUT2D eigenvalue weighted by atomic mass is 9.86. The highest BCUT2D eigenvalue weighted by molar-refractivity contribution is 5.99. The number of nitrogens with one attached hydrogen (secondary N) is 1. The second-order valence-electron chi connectivity index (χ2n) is 5.84. The van der Waals surface area contributed by atoms with Crippen LogP contribution in [0.4, 0.5) is 0 Å². The van der Waals surface area contributed by atoms with Crippen LogP contribution in [0.3, 0.4) is 0 Å². The van der Waals surface area contributed by atoms with Crippen molar-refractivity contribution in [3.8, 4) is 0 Å². The molecule has 0 fully saturated rings. The average molecular weight is 233 g/mol. The van der Waals surface area contributed by atoms with E-state index in [1.807, 2.05) is 0 Å². The van der Waals surface area contributed by atoms with Gasteiger partial charge in [0.1, 0.15) is 0 Å². The van der Waals surface area contributed by atoms with Crippen molar-refractivity contribution in [1.29, 1.82) is 5.41 Å². The molecule has 1 N–H and O–H groups in total. The third-order valence-electron chi connectivity index (χ3n) is 3.64. The zero-order valence-electron chi connectivity index (χ0n) is 12.1. The van der Waals surface area contributed by atoms with Crippen LogP contribution in [0.25, 0.3) is 0 Å². The van der Waals surface area contributed by atoms with Crippen molar-refractivity contribution in [2.75, 3.05) is 0 Å². The van der Waals surface area contributed by atoms with Crippen molar-refractivity contribution in [2.24, 2.45) is 11.8 Å². The largest absolute Gasteiger partial charge is 0.305 e. The minimum Gasteiger partial charge on any atom is -0.305 e. The molecule has 1 aliphatic rings. The molecule has 0 aromatic rings. The summed E-state index contributed by atoms with van der Waals surface area (Å²) in [6.45, 7) is 10.9. The Balaban J connectivity index is 3.02. The van der Waals surface area contributed by atoms with Gasteiger partial charge in [-0.15, -0.1) is 0 Å². The predicted octanol–water partition coefficient (Wildman–Crippen LogP) is 5.14. The van der Waals surface area contributed by atoms with Gasteiger partial charge in [-0.3, -0.25) is 0 Å². The van der Waals surface area contributed by atoms with E-state index in [4.69, 9.17) is 5.41 Å². The van der Waals surface area contributed by atoms with Crippen LogP contribution >= 0.6 is 0 Å². The third kappa shape index (κ3) is 3.83. The normalized spacial score (nSPS) is 18.2. The van der Waals surface area contributed by atoms with Crippen molar-refractivity contribution in [1.82, 2.24) is 0 Å². The first-order valence-corrected chi connectivity index (χ1v) is 6.92. The molecule has 96 valence electrons. The van der Waals surface area contributed by atoms with E-state index in [1.165, 1.54) is 42.4 Å². The van der Waals surface area contributed by atoms with Gasteiger partial charge in [-0.2, -0.15) is 0 Å². The minimum absolute atomic E-state index is 0.327. The van der Waals surface area contributed by atoms with Gasteiger partial charge in [0.25, 0.3) is 0 Å². The summed E-state index contributed by atoms with van der Waals surface area (Å²) in [5.41, 5.74) is 5.07. The fourth-order valence-electron chi connectivity index (χ4n) is 2.35. The molecule has 0 atom stereocenters. The molecule has 1 heteroatoms. The Morgan fingerprint density at radius 2 is 1.65 bits per heavy atom. The van der Waals surface area contributed by atoms with E-state index in [0.717, 1.165) is 5.71 Å². The van der Waals surface area contributed by atoms with Crippen LogP contribution in [0.15, 0.2) is 22.8 Å². The SMILES string of the molecule is CC1=C(/C=C(\C(=N)C(C)C)C(C)C)CCCC1. The van der Waals surface area contributed by atoms with Gasteiger partial charge in [0.2, 0.25) is 0 Å². The molecular weight excluding hydrogens is 206 g/mol. The molecule has 17 heavy (non-hydrogen) atoms. The molecule has 0 aromatic carbocycles. The van der Waals surface area contributed by atoms with E-state index in [1.54, 1.807) is 0 Å². The van der Waals surface area contributed by atoms with Crippen molar-refractivity contribution < 1.29 is 0 Å². The van der Waals surface area contributed by atoms with Crippen molar-refractivity contribution in [3.05, 3.63) is 22.8 Å². The second kappa shape index (κ2) is 6.18. The van der Waals surface area contributed by atoms with Crippen molar-refractivity contribution >= 4 is 5.71 Å². The summed E-state index contributed by atoms with van der Waals surface area (Å²) in [5, 5.41) is 8.22. The van der Waals surface area contributed by atoms with E-state index >= 15 is 0 Å². The van der Waals surface area contributed by atoms with Crippen molar-refractivity contribution in [2.45, 2.75) is 60.3 Å². The maximum Gasteiger partial charge on any atom is 0.0373 e. The van der Waals surface area contributed by atoms with Gasteiger partial charge in [0.15, 0.2) is 0 Å². The summed E-state index contributed by atoms with van der Waals surface area (Å²) in [5.74, 6) is 0.778. The van der Waals surface area contributed by atoms with E-state index in [-0.39, 0.29) is 0 Å². The molecule has 1 nitrogen and oxygen atoms in total. The lowest BCUT2D eigenvalue weighted by Gasteiger charge is -2.20. The third-order valence-corrected chi connectivity index (χ3v) is 3.64. The number of hydrogen-bond donors (Lipinski definition) is 1. The van der Waals surface area contributed by atoms with Gasteiger partial charge in [0.05, 0.1) is 0 Å². The van der Waals surface area contributed by atoms with Crippen LogP contribution in [0.2, 0.25) is 0 Å². The monoisotopic (exact) mass is 233 g/mol. The van der Waals surface area contributed by atoms with E-state index in [0.29, 0.717) is 11.8 Å². The van der Waals surface area contributed by atoms with Crippen LogP contribution in [0, 0.1) is 17.2 Å². The summed E-state index contributed by atoms with van der Waals surface area (Å²) in [4.78, 5) is 0. The van der Waals surface area contributed by atoms with Crippen molar-refractivity contribution in [3.63, 3.8) is 0 Å². The van der Waals surface area contributed by atoms with E-state index in [2.05, 4.69) is 40.7 Å². The zero-order chi connectivity index (χ0) is 13.0. The fraction of sp³-hybridized carbons (Fsp3) is 0.688. The molecule has 0 heterocycles. The molecule has 0 aliphatic heterocycles. The Morgan fingerprint density at radius 1 is 1.06 bits per heavy atom. The van der Waals surface area contributed by atoms with Crippen LogP contribution < -0.4 is 0 Å². The second-order valence-corrected chi connectivity index (χ2v) is 5.84. The maximum atomic E-state index is 8.22. The first kappa shape index (κ1) is 14.2. The highest BCUT2D eigenvalue weighted by atomic mass is 14.4. The van der Waals surface area contributed by atoms with Crippen LogP contribution in [-0.2, 0) is 0 Å². The lowest BCUT2D eigenvalue weighted by Crippen LogP contribution is -2.14. The smallest absolute Gasteiger partial charge is 0.0373 e. The van der Waals surface area contributed by atoms with Crippen LogP contribution in [0.1, 0.15) is 60.3 Å². The van der Waals surface area contributed by atoms with E-state index in [9.17, 15) is 0 Å². The molecular formula is C16H27N. The van der Waals surface area contributed by atoms with Gasteiger partial charge >= 0.3 is 0 Å². The molecule has 0 radical (unpaired) electrons. The quantitative estimate of drug-likeness (QED) is 0.650. The Labute approximate surface area is 107 Å². The zero-order valence-corrected chi connectivity index (χ0v) is 12.1. The summed E-state index contributed by atoms with van der Waals surface area (Å²) in [7, 11) is 0. The van der Waals surface area contributed by atoms with Crippen LogP contribution in [0.5, 0.6) is 0 Å². The first-order chi connectivity index (χ1) is 7.93. The Morgan fingerprint density at radius 3 is 2.12 bits per heavy atom. The first-order valence-electron chi connectivity index (χ1n) is 6.92. The minimum atomic E-state index is 0.327. The standard InChI is InChI=1S/C16H27N/c1-11(2)15(16(17)12(3)4)10-14-9-7-6-8-13(14)5/h10-12,17H,6-9H2,1-5H3/b15-10-,17-16?. The van der Waals surface area contributed by atoms with Gasteiger partial charge in [0, 0.05) is 5.71 Å². The molecule has 0 aromatic heterocycles. The molecule has 1 aliphatic carbocycles. The van der Waals surface area contributed by atoms with Gasteiger partial charge in [-0.25, -0.2) is 0 Å². The highest BCUT2D eigenvalue weighted by Gasteiger charge is 2.15.